The monoisotopic (exact) mass is 411 g/mol. The van der Waals surface area contributed by atoms with Crippen LogP contribution in [0.15, 0.2) is 24.3 Å². The molecule has 0 bridgehead atoms. The van der Waals surface area contributed by atoms with Gasteiger partial charge in [0.2, 0.25) is 0 Å². The van der Waals surface area contributed by atoms with Crippen molar-refractivity contribution in [1.29, 1.82) is 0 Å². The summed E-state index contributed by atoms with van der Waals surface area (Å²) >= 11 is 0. The smallest absolute Gasteiger partial charge is 0.408 e. The van der Waals surface area contributed by atoms with Gasteiger partial charge in [0.1, 0.15) is 22.7 Å². The molecule has 1 aromatic carbocycles. The maximum atomic E-state index is 12.5. The van der Waals surface area contributed by atoms with Crippen molar-refractivity contribution in [3.63, 3.8) is 0 Å². The van der Waals surface area contributed by atoms with E-state index in [9.17, 15) is 14.7 Å². The number of methoxy groups -OCH3 is 1. The van der Waals surface area contributed by atoms with Gasteiger partial charge in [0.25, 0.3) is 0 Å². The van der Waals surface area contributed by atoms with Crippen molar-refractivity contribution in [2.45, 2.75) is 71.3 Å². The molecule has 8 heteroatoms. The lowest BCUT2D eigenvalue weighted by atomic mass is 10.1. The maximum absolute atomic E-state index is 12.5. The number of carbonyl (C=O) groups excluding carboxylic acids is 2. The summed E-state index contributed by atoms with van der Waals surface area (Å²) in [5.41, 5.74) is -1.52. The Morgan fingerprint density at radius 2 is 1.48 bits per heavy atom. The average molecular weight is 411 g/mol. The Hall–Kier alpha value is -2.48. The minimum absolute atomic E-state index is 0.0890. The Balaban J connectivity index is 2.73. The maximum Gasteiger partial charge on any atom is 0.408 e. The van der Waals surface area contributed by atoms with Gasteiger partial charge in [-0.25, -0.2) is 9.59 Å². The molecular weight excluding hydrogens is 378 g/mol. The Kier molecular flexibility index (Phi) is 8.76. The van der Waals surface area contributed by atoms with E-state index in [2.05, 4.69) is 5.32 Å². The molecule has 1 aromatic rings. The van der Waals surface area contributed by atoms with E-state index in [1.165, 1.54) is 0 Å². The zero-order chi connectivity index (χ0) is 22.2. The van der Waals surface area contributed by atoms with Crippen LogP contribution >= 0.6 is 0 Å². The van der Waals surface area contributed by atoms with Gasteiger partial charge < -0.3 is 29.4 Å². The van der Waals surface area contributed by atoms with Crippen molar-refractivity contribution < 1.29 is 33.6 Å². The molecule has 0 fully saturated rings. The first-order valence-electron chi connectivity index (χ1n) is 9.48. The third kappa shape index (κ3) is 10.0. The molecule has 29 heavy (non-hydrogen) atoms. The standard InChI is InChI=1S/C21H33NO7/c1-20(2,3)28-18(24)17(22-19(25)29-21(4,5)6)16(23)12-13-27-15-10-8-14(26-7)9-11-15/h8-11,16-17,23H,12-13H2,1-7H3,(H,22,25)/t16-,17+/m1/s1. The summed E-state index contributed by atoms with van der Waals surface area (Å²) < 4.78 is 21.2. The summed E-state index contributed by atoms with van der Waals surface area (Å²) in [7, 11) is 1.57. The number of alkyl carbamates (subject to hydrolysis) is 1. The second-order valence-electron chi connectivity index (χ2n) is 8.54. The summed E-state index contributed by atoms with van der Waals surface area (Å²) in [4.78, 5) is 24.6. The van der Waals surface area contributed by atoms with Crippen LogP contribution in [0.4, 0.5) is 4.79 Å². The number of aliphatic hydroxyl groups excluding tert-OH is 1. The number of hydrogen-bond donors (Lipinski definition) is 2. The number of carbonyl (C=O) groups is 2. The van der Waals surface area contributed by atoms with Gasteiger partial charge in [-0.15, -0.1) is 0 Å². The number of hydrogen-bond acceptors (Lipinski definition) is 7. The zero-order valence-corrected chi connectivity index (χ0v) is 18.3. The Labute approximate surface area is 172 Å². The number of ether oxygens (including phenoxy) is 4. The molecule has 2 N–H and O–H groups in total. The predicted molar refractivity (Wildman–Crippen MR) is 108 cm³/mol. The summed E-state index contributed by atoms with van der Waals surface area (Å²) in [5.74, 6) is 0.538. The highest BCUT2D eigenvalue weighted by Gasteiger charge is 2.34. The van der Waals surface area contributed by atoms with E-state index in [1.54, 1.807) is 72.9 Å². The van der Waals surface area contributed by atoms with Crippen LogP contribution < -0.4 is 14.8 Å². The molecule has 0 saturated heterocycles. The molecule has 0 heterocycles. The lowest BCUT2D eigenvalue weighted by Crippen LogP contribution is -2.52. The van der Waals surface area contributed by atoms with Crippen LogP contribution in [-0.4, -0.2) is 54.2 Å². The third-order valence-corrected chi connectivity index (χ3v) is 3.46. The van der Waals surface area contributed by atoms with Crippen LogP contribution in [0.25, 0.3) is 0 Å². The lowest BCUT2D eigenvalue weighted by Gasteiger charge is -2.28. The average Bonchev–Trinajstić information content (AvgIpc) is 2.57. The fourth-order valence-electron chi connectivity index (χ4n) is 2.25. The first-order chi connectivity index (χ1) is 13.3. The van der Waals surface area contributed by atoms with Crippen molar-refractivity contribution in [2.75, 3.05) is 13.7 Å². The van der Waals surface area contributed by atoms with Gasteiger partial charge in [0, 0.05) is 6.42 Å². The molecule has 0 unspecified atom stereocenters. The van der Waals surface area contributed by atoms with Gasteiger partial charge >= 0.3 is 12.1 Å². The molecule has 0 aliphatic carbocycles. The molecule has 0 aromatic heterocycles. The van der Waals surface area contributed by atoms with E-state index >= 15 is 0 Å². The number of aliphatic hydroxyl groups is 1. The van der Waals surface area contributed by atoms with Crippen molar-refractivity contribution in [3.8, 4) is 11.5 Å². The molecule has 0 saturated carbocycles. The fourth-order valence-corrected chi connectivity index (χ4v) is 2.25. The van der Waals surface area contributed by atoms with Crippen molar-refractivity contribution >= 4 is 12.1 Å². The molecule has 0 aliphatic heterocycles. The molecular formula is C21H33NO7. The van der Waals surface area contributed by atoms with Crippen LogP contribution in [-0.2, 0) is 14.3 Å². The van der Waals surface area contributed by atoms with Crippen LogP contribution in [0.5, 0.6) is 11.5 Å². The fraction of sp³-hybridized carbons (Fsp3) is 0.619. The lowest BCUT2D eigenvalue weighted by molar-refractivity contribution is -0.160. The van der Waals surface area contributed by atoms with Gasteiger partial charge in [0.05, 0.1) is 19.8 Å². The predicted octanol–water partition coefficient (Wildman–Crippen LogP) is 3.06. The third-order valence-electron chi connectivity index (χ3n) is 3.46. The normalized spacial score (nSPS) is 13.8. The largest absolute Gasteiger partial charge is 0.497 e. The summed E-state index contributed by atoms with van der Waals surface area (Å²) in [6.07, 6.45) is -1.95. The van der Waals surface area contributed by atoms with E-state index in [1.807, 2.05) is 0 Å². The molecule has 0 aliphatic rings. The first-order valence-corrected chi connectivity index (χ1v) is 9.48. The van der Waals surface area contributed by atoms with E-state index < -0.39 is 35.4 Å². The highest BCUT2D eigenvalue weighted by atomic mass is 16.6. The Bertz CT molecular complexity index is 659. The Morgan fingerprint density at radius 1 is 0.966 bits per heavy atom. The van der Waals surface area contributed by atoms with Crippen molar-refractivity contribution in [1.82, 2.24) is 5.32 Å². The van der Waals surface area contributed by atoms with Crippen LogP contribution in [0, 0.1) is 0 Å². The highest BCUT2D eigenvalue weighted by molar-refractivity contribution is 5.82. The summed E-state index contributed by atoms with van der Waals surface area (Å²) in [6, 6.07) is 5.67. The van der Waals surface area contributed by atoms with Crippen LogP contribution in [0.3, 0.4) is 0 Å². The van der Waals surface area contributed by atoms with E-state index in [0.717, 1.165) is 0 Å². The minimum atomic E-state index is -1.29. The van der Waals surface area contributed by atoms with Gasteiger partial charge in [-0.1, -0.05) is 0 Å². The van der Waals surface area contributed by atoms with Crippen molar-refractivity contribution in [3.05, 3.63) is 24.3 Å². The molecule has 0 radical (unpaired) electrons. The number of esters is 1. The van der Waals surface area contributed by atoms with Crippen LogP contribution in [0.2, 0.25) is 0 Å². The minimum Gasteiger partial charge on any atom is -0.497 e. The molecule has 0 spiro atoms. The molecule has 1 rings (SSSR count). The van der Waals surface area contributed by atoms with E-state index in [4.69, 9.17) is 18.9 Å². The quantitative estimate of drug-likeness (QED) is 0.634. The number of rotatable bonds is 8. The summed E-state index contributed by atoms with van der Waals surface area (Å²) in [6.45, 7) is 10.3. The number of amides is 1. The first kappa shape index (κ1) is 24.6. The summed E-state index contributed by atoms with van der Waals surface area (Å²) in [5, 5.41) is 12.9. The van der Waals surface area contributed by atoms with Gasteiger partial charge in [-0.05, 0) is 65.8 Å². The van der Waals surface area contributed by atoms with Gasteiger partial charge in [-0.3, -0.25) is 0 Å². The van der Waals surface area contributed by atoms with Crippen LogP contribution in [0.1, 0.15) is 48.0 Å². The molecule has 8 nitrogen and oxygen atoms in total. The molecule has 164 valence electrons. The van der Waals surface area contributed by atoms with E-state index in [0.29, 0.717) is 11.5 Å². The van der Waals surface area contributed by atoms with E-state index in [-0.39, 0.29) is 13.0 Å². The molecule has 2 atom stereocenters. The topological polar surface area (TPSA) is 103 Å². The number of nitrogens with one attached hydrogen (secondary N) is 1. The second kappa shape index (κ2) is 10.3. The second-order valence-corrected chi connectivity index (χ2v) is 8.54. The SMILES string of the molecule is COc1ccc(OCC[C@@H](O)[C@H](NC(=O)OC(C)(C)C)C(=O)OC(C)(C)C)cc1. The van der Waals surface area contributed by atoms with Gasteiger partial charge in [-0.2, -0.15) is 0 Å². The molecule has 1 amide bonds. The zero-order valence-electron chi connectivity index (χ0n) is 18.3. The van der Waals surface area contributed by atoms with Crippen molar-refractivity contribution in [2.24, 2.45) is 0 Å². The van der Waals surface area contributed by atoms with Gasteiger partial charge in [0.15, 0.2) is 6.04 Å². The highest BCUT2D eigenvalue weighted by Crippen LogP contribution is 2.18. The Morgan fingerprint density at radius 3 is 1.97 bits per heavy atom. The number of benzene rings is 1.